The molecule has 0 bridgehead atoms. The second-order valence-corrected chi connectivity index (χ2v) is 7.59. The summed E-state index contributed by atoms with van der Waals surface area (Å²) in [5.41, 5.74) is 12.4. The molecule has 1 aliphatic carbocycles. The molecular weight excluding hydrogens is 326 g/mol. The van der Waals surface area contributed by atoms with Crippen molar-refractivity contribution in [3.8, 4) is 5.75 Å². The molecule has 0 aromatic heterocycles. The molecule has 1 saturated heterocycles. The number of carbonyl (C=O) groups is 1. The number of hydrogen-bond donors (Lipinski definition) is 1. The summed E-state index contributed by atoms with van der Waals surface area (Å²) in [4.78, 5) is 12.1. The van der Waals surface area contributed by atoms with Gasteiger partial charge in [-0.2, -0.15) is 0 Å². The minimum absolute atomic E-state index is 0.0234. The van der Waals surface area contributed by atoms with Gasteiger partial charge in [0.25, 0.3) is 0 Å². The number of benzene rings is 2. The molecule has 136 valence electrons. The van der Waals surface area contributed by atoms with Crippen LogP contribution in [0.25, 0.3) is 0 Å². The van der Waals surface area contributed by atoms with Gasteiger partial charge in [-0.3, -0.25) is 4.79 Å². The van der Waals surface area contributed by atoms with Crippen molar-refractivity contribution in [2.45, 2.75) is 46.3 Å². The van der Waals surface area contributed by atoms with Crippen molar-refractivity contribution in [1.82, 2.24) is 0 Å². The lowest BCUT2D eigenvalue weighted by atomic mass is 9.74. The van der Waals surface area contributed by atoms with Gasteiger partial charge in [-0.05, 0) is 67.1 Å². The summed E-state index contributed by atoms with van der Waals surface area (Å²) in [6, 6.07) is 9.85. The van der Waals surface area contributed by atoms with E-state index in [1.165, 1.54) is 16.7 Å². The summed E-state index contributed by atoms with van der Waals surface area (Å²) >= 11 is 0. The Hall–Kier alpha value is -2.49. The molecule has 0 radical (unpaired) electrons. The second-order valence-electron chi connectivity index (χ2n) is 7.59. The number of hydrogen-bond acceptors (Lipinski definition) is 4. The molecule has 1 fully saturated rings. The number of carbonyl (C=O) groups excluding carboxylic acids is 1. The van der Waals surface area contributed by atoms with Crippen molar-refractivity contribution in [1.29, 1.82) is 0 Å². The maximum atomic E-state index is 12.1. The molecule has 26 heavy (non-hydrogen) atoms. The van der Waals surface area contributed by atoms with E-state index in [-0.39, 0.29) is 23.9 Å². The van der Waals surface area contributed by atoms with Gasteiger partial charge in [-0.25, -0.2) is 0 Å². The molecule has 0 saturated carbocycles. The Morgan fingerprint density at radius 2 is 2.08 bits per heavy atom. The molecule has 2 aliphatic rings. The van der Waals surface area contributed by atoms with E-state index >= 15 is 0 Å². The highest BCUT2D eigenvalue weighted by molar-refractivity contribution is 5.76. The number of rotatable bonds is 3. The van der Waals surface area contributed by atoms with Gasteiger partial charge in [0.05, 0.1) is 5.92 Å². The summed E-state index contributed by atoms with van der Waals surface area (Å²) in [6.07, 6.45) is 1.88. The fraction of sp³-hybridized carbons (Fsp3) is 0.409. The van der Waals surface area contributed by atoms with E-state index < -0.39 is 0 Å². The van der Waals surface area contributed by atoms with Gasteiger partial charge in [-0.15, -0.1) is 0 Å². The maximum Gasteiger partial charge on any atom is 0.309 e. The molecule has 4 nitrogen and oxygen atoms in total. The fourth-order valence-electron chi connectivity index (χ4n) is 4.42. The van der Waals surface area contributed by atoms with E-state index in [0.29, 0.717) is 6.61 Å². The van der Waals surface area contributed by atoms with Crippen LogP contribution in [0.15, 0.2) is 30.3 Å². The first kappa shape index (κ1) is 17.0. The molecule has 4 rings (SSSR count). The Morgan fingerprint density at radius 1 is 1.27 bits per heavy atom. The van der Waals surface area contributed by atoms with Crippen LogP contribution in [-0.4, -0.2) is 5.97 Å². The predicted octanol–water partition coefficient (Wildman–Crippen LogP) is 4.26. The van der Waals surface area contributed by atoms with E-state index in [2.05, 4.69) is 19.9 Å². The van der Waals surface area contributed by atoms with Crippen LogP contribution in [0.1, 0.15) is 47.3 Å². The number of fused-ring (bicyclic) bond motifs is 3. The minimum atomic E-state index is -0.129. The number of ether oxygens (including phenoxy) is 2. The Bertz CT molecular complexity index is 874. The van der Waals surface area contributed by atoms with Crippen molar-refractivity contribution in [2.75, 3.05) is 5.73 Å². The number of aryl methyl sites for hydroxylation is 1. The molecule has 0 amide bonds. The van der Waals surface area contributed by atoms with Crippen LogP contribution in [0.2, 0.25) is 0 Å². The standard InChI is InChI=1S/C22H25NO3/c1-12-9-19(25-11-15-5-4-6-16(23)10-15)14(3)20-17(12)7-8-18-13(2)22(24)26-21(18)20/h4-6,9-10,13,18,21H,7-8,11,23H2,1-3H3/t13?,18-,21+/m0/s1. The van der Waals surface area contributed by atoms with Gasteiger partial charge < -0.3 is 15.2 Å². The third-order valence-electron chi connectivity index (χ3n) is 5.93. The van der Waals surface area contributed by atoms with Gasteiger partial charge in [0.2, 0.25) is 0 Å². The number of nitrogens with two attached hydrogens (primary N) is 1. The quantitative estimate of drug-likeness (QED) is 0.663. The molecular formula is C22H25NO3. The van der Waals surface area contributed by atoms with Crippen LogP contribution in [0, 0.1) is 25.7 Å². The average molecular weight is 351 g/mol. The molecule has 2 aromatic rings. The van der Waals surface area contributed by atoms with E-state index in [9.17, 15) is 4.79 Å². The smallest absolute Gasteiger partial charge is 0.309 e. The molecule has 4 heteroatoms. The Balaban J connectivity index is 1.67. The fourth-order valence-corrected chi connectivity index (χ4v) is 4.42. The van der Waals surface area contributed by atoms with Crippen molar-refractivity contribution in [3.05, 3.63) is 58.1 Å². The van der Waals surface area contributed by atoms with Gasteiger partial charge in [0, 0.05) is 17.2 Å². The maximum absolute atomic E-state index is 12.1. The zero-order chi connectivity index (χ0) is 18.4. The lowest BCUT2D eigenvalue weighted by Gasteiger charge is -2.31. The summed E-state index contributed by atoms with van der Waals surface area (Å²) in [5.74, 6) is 1.04. The minimum Gasteiger partial charge on any atom is -0.489 e. The summed E-state index contributed by atoms with van der Waals surface area (Å²) in [5, 5.41) is 0. The van der Waals surface area contributed by atoms with Crippen molar-refractivity contribution in [3.63, 3.8) is 0 Å². The molecule has 0 spiro atoms. The van der Waals surface area contributed by atoms with Crippen molar-refractivity contribution < 1.29 is 14.3 Å². The van der Waals surface area contributed by atoms with Crippen molar-refractivity contribution in [2.24, 2.45) is 11.8 Å². The molecule has 2 N–H and O–H groups in total. The molecule has 1 heterocycles. The van der Waals surface area contributed by atoms with E-state index in [4.69, 9.17) is 15.2 Å². The van der Waals surface area contributed by atoms with Crippen LogP contribution in [0.5, 0.6) is 5.75 Å². The first-order chi connectivity index (χ1) is 12.5. The zero-order valence-electron chi connectivity index (χ0n) is 15.5. The topological polar surface area (TPSA) is 61.5 Å². The van der Waals surface area contributed by atoms with Gasteiger partial charge in [0.1, 0.15) is 18.5 Å². The first-order valence-corrected chi connectivity index (χ1v) is 9.26. The summed E-state index contributed by atoms with van der Waals surface area (Å²) < 4.78 is 11.9. The van der Waals surface area contributed by atoms with Crippen LogP contribution < -0.4 is 10.5 Å². The van der Waals surface area contributed by atoms with Crippen LogP contribution >= 0.6 is 0 Å². The summed E-state index contributed by atoms with van der Waals surface area (Å²) in [7, 11) is 0. The summed E-state index contributed by atoms with van der Waals surface area (Å²) in [6.45, 7) is 6.65. The lowest BCUT2D eigenvalue weighted by molar-refractivity contribution is -0.144. The predicted molar refractivity (Wildman–Crippen MR) is 101 cm³/mol. The van der Waals surface area contributed by atoms with Crippen LogP contribution in [0.3, 0.4) is 0 Å². The molecule has 1 aliphatic heterocycles. The molecule has 3 atom stereocenters. The number of esters is 1. The number of anilines is 1. The van der Waals surface area contributed by atoms with E-state index in [1.807, 2.05) is 31.2 Å². The van der Waals surface area contributed by atoms with Crippen molar-refractivity contribution >= 4 is 11.7 Å². The SMILES string of the molecule is Cc1cc(OCc2cccc(N)c2)c(C)c2c1CC[C@H]1C(C)C(=O)O[C@@H]21. The average Bonchev–Trinajstić information content (AvgIpc) is 2.91. The lowest BCUT2D eigenvalue weighted by Crippen LogP contribution is -2.22. The van der Waals surface area contributed by atoms with Gasteiger partial charge in [-0.1, -0.05) is 19.1 Å². The Morgan fingerprint density at radius 3 is 2.85 bits per heavy atom. The highest BCUT2D eigenvalue weighted by Gasteiger charge is 2.46. The Labute approximate surface area is 154 Å². The monoisotopic (exact) mass is 351 g/mol. The van der Waals surface area contributed by atoms with Gasteiger partial charge in [0.15, 0.2) is 0 Å². The highest BCUT2D eigenvalue weighted by atomic mass is 16.6. The van der Waals surface area contributed by atoms with E-state index in [0.717, 1.165) is 35.4 Å². The largest absolute Gasteiger partial charge is 0.489 e. The normalized spacial score (nSPS) is 24.0. The Kier molecular flexibility index (Phi) is 4.14. The highest BCUT2D eigenvalue weighted by Crippen LogP contribution is 2.49. The van der Waals surface area contributed by atoms with Crippen LogP contribution in [-0.2, 0) is 22.6 Å². The van der Waals surface area contributed by atoms with E-state index in [1.54, 1.807) is 0 Å². The third-order valence-corrected chi connectivity index (χ3v) is 5.93. The van der Waals surface area contributed by atoms with Gasteiger partial charge >= 0.3 is 5.97 Å². The molecule has 1 unspecified atom stereocenters. The first-order valence-electron chi connectivity index (χ1n) is 9.26. The molecule has 2 aromatic carbocycles. The number of nitrogen functional groups attached to an aromatic ring is 1. The zero-order valence-corrected chi connectivity index (χ0v) is 15.5. The van der Waals surface area contributed by atoms with Crippen LogP contribution in [0.4, 0.5) is 5.69 Å². The second kappa shape index (κ2) is 6.35. The third kappa shape index (κ3) is 2.74.